The average molecular weight is 318 g/mol. The first-order chi connectivity index (χ1) is 9.70. The van der Waals surface area contributed by atoms with Crippen LogP contribution >= 0.6 is 0 Å². The third kappa shape index (κ3) is 3.48. The molecule has 0 aliphatic heterocycles. The zero-order valence-electron chi connectivity index (χ0n) is 10.4. The van der Waals surface area contributed by atoms with E-state index in [2.05, 4.69) is 9.97 Å². The summed E-state index contributed by atoms with van der Waals surface area (Å²) in [5.74, 6) is -0.937. The van der Waals surface area contributed by atoms with Crippen LogP contribution in [0.5, 0.6) is 5.75 Å². The van der Waals surface area contributed by atoms with Crippen molar-refractivity contribution in [2.75, 3.05) is 0 Å². The normalized spacial score (nSPS) is 12.3. The lowest BCUT2D eigenvalue weighted by Crippen LogP contribution is -2.11. The van der Waals surface area contributed by atoms with E-state index >= 15 is 0 Å². The third-order valence-corrected chi connectivity index (χ3v) is 4.19. The Morgan fingerprint density at radius 2 is 1.86 bits per heavy atom. The van der Waals surface area contributed by atoms with E-state index in [1.54, 1.807) is 0 Å². The van der Waals surface area contributed by atoms with Crippen molar-refractivity contribution in [2.24, 2.45) is 0 Å². The van der Waals surface area contributed by atoms with Crippen molar-refractivity contribution >= 4 is 9.84 Å². The molecule has 0 spiro atoms. The van der Waals surface area contributed by atoms with Crippen molar-refractivity contribution in [1.29, 1.82) is 0 Å². The lowest BCUT2D eigenvalue weighted by Gasteiger charge is -2.08. The number of sulfone groups is 1. The number of aromatic hydroxyl groups is 1. The van der Waals surface area contributed by atoms with Gasteiger partial charge in [-0.05, 0) is 24.3 Å². The lowest BCUT2D eigenvalue weighted by atomic mass is 10.3. The smallest absolute Gasteiger partial charge is 0.433 e. The van der Waals surface area contributed by atoms with E-state index in [1.807, 2.05) is 0 Å². The number of pyridine rings is 2. The summed E-state index contributed by atoms with van der Waals surface area (Å²) in [4.78, 5) is 6.43. The van der Waals surface area contributed by atoms with Gasteiger partial charge in [-0.1, -0.05) is 0 Å². The van der Waals surface area contributed by atoms with Crippen LogP contribution in [-0.2, 0) is 21.8 Å². The highest BCUT2D eigenvalue weighted by Gasteiger charge is 2.32. The van der Waals surface area contributed by atoms with Crippen molar-refractivity contribution in [2.45, 2.75) is 16.8 Å². The Bertz CT molecular complexity index is 743. The molecular formula is C12H9F3N2O3S. The average Bonchev–Trinajstić information content (AvgIpc) is 2.40. The van der Waals surface area contributed by atoms with E-state index < -0.39 is 27.5 Å². The van der Waals surface area contributed by atoms with Gasteiger partial charge in [-0.3, -0.25) is 9.97 Å². The number of nitrogens with zero attached hydrogens (tertiary/aromatic N) is 2. The maximum atomic E-state index is 12.4. The summed E-state index contributed by atoms with van der Waals surface area (Å²) < 4.78 is 61.2. The van der Waals surface area contributed by atoms with Crippen molar-refractivity contribution < 1.29 is 26.7 Å². The number of hydrogen-bond acceptors (Lipinski definition) is 5. The Balaban J connectivity index is 2.30. The SMILES string of the molecule is O=S(=O)(Cc1ncccc1O)c1ccc(C(F)(F)F)nc1. The molecule has 2 aromatic rings. The molecule has 0 saturated heterocycles. The van der Waals surface area contributed by atoms with Crippen molar-refractivity contribution in [3.63, 3.8) is 0 Å². The fraction of sp³-hybridized carbons (Fsp3) is 0.167. The maximum Gasteiger partial charge on any atom is 0.433 e. The molecule has 0 bridgehead atoms. The Labute approximate surface area is 118 Å². The maximum absolute atomic E-state index is 12.4. The minimum Gasteiger partial charge on any atom is -0.506 e. The van der Waals surface area contributed by atoms with E-state index in [-0.39, 0.29) is 16.3 Å². The van der Waals surface area contributed by atoms with Crippen LogP contribution in [0.2, 0.25) is 0 Å². The Hall–Kier alpha value is -2.16. The second kappa shape index (κ2) is 5.32. The van der Waals surface area contributed by atoms with Crippen LogP contribution in [0, 0.1) is 0 Å². The van der Waals surface area contributed by atoms with Crippen LogP contribution in [0.15, 0.2) is 41.6 Å². The Kier molecular flexibility index (Phi) is 3.86. The van der Waals surface area contributed by atoms with Gasteiger partial charge < -0.3 is 5.11 Å². The summed E-state index contributed by atoms with van der Waals surface area (Å²) in [6.45, 7) is 0. The second-order valence-electron chi connectivity index (χ2n) is 4.11. The number of rotatable bonds is 3. The highest BCUT2D eigenvalue weighted by molar-refractivity contribution is 7.90. The highest BCUT2D eigenvalue weighted by Crippen LogP contribution is 2.28. The van der Waals surface area contributed by atoms with Crippen LogP contribution in [0.4, 0.5) is 13.2 Å². The summed E-state index contributed by atoms with van der Waals surface area (Å²) in [5, 5.41) is 9.48. The third-order valence-electron chi connectivity index (χ3n) is 2.58. The van der Waals surface area contributed by atoms with Crippen LogP contribution in [0.1, 0.15) is 11.4 Å². The minimum absolute atomic E-state index is 0.0857. The Morgan fingerprint density at radius 3 is 2.38 bits per heavy atom. The molecule has 112 valence electrons. The van der Waals surface area contributed by atoms with Crippen LogP contribution in [-0.4, -0.2) is 23.5 Å². The van der Waals surface area contributed by atoms with Gasteiger partial charge in [0, 0.05) is 12.4 Å². The van der Waals surface area contributed by atoms with Gasteiger partial charge in [-0.25, -0.2) is 8.42 Å². The van der Waals surface area contributed by atoms with Crippen LogP contribution in [0.3, 0.4) is 0 Å². The molecule has 0 amide bonds. The van der Waals surface area contributed by atoms with E-state index in [9.17, 15) is 26.7 Å². The summed E-state index contributed by atoms with van der Waals surface area (Å²) in [5.41, 5.74) is -1.26. The molecule has 1 N–H and O–H groups in total. The topological polar surface area (TPSA) is 80.2 Å². The standard InChI is InChI=1S/C12H9F3N2O3S/c13-12(14,15)11-4-3-8(6-17-11)21(19,20)7-9-10(18)2-1-5-16-9/h1-6,18H,7H2. The van der Waals surface area contributed by atoms with Gasteiger partial charge in [-0.15, -0.1) is 0 Å². The first kappa shape index (κ1) is 15.2. The van der Waals surface area contributed by atoms with Crippen LogP contribution in [0.25, 0.3) is 0 Å². The van der Waals surface area contributed by atoms with Crippen molar-refractivity contribution in [3.05, 3.63) is 48.0 Å². The van der Waals surface area contributed by atoms with E-state index in [0.29, 0.717) is 12.3 Å². The zero-order chi connectivity index (χ0) is 15.7. The number of halogens is 3. The molecule has 2 aromatic heterocycles. The highest BCUT2D eigenvalue weighted by atomic mass is 32.2. The van der Waals surface area contributed by atoms with Gasteiger partial charge in [0.25, 0.3) is 0 Å². The van der Waals surface area contributed by atoms with Gasteiger partial charge in [0.15, 0.2) is 9.84 Å². The first-order valence-corrected chi connectivity index (χ1v) is 7.24. The molecule has 2 rings (SSSR count). The number of alkyl halides is 3. The van der Waals surface area contributed by atoms with Gasteiger partial charge in [0.05, 0.1) is 10.6 Å². The summed E-state index contributed by atoms with van der Waals surface area (Å²) in [7, 11) is -3.95. The number of hydrogen-bond donors (Lipinski definition) is 1. The van der Waals surface area contributed by atoms with E-state index in [4.69, 9.17) is 0 Å². The molecule has 21 heavy (non-hydrogen) atoms. The summed E-state index contributed by atoms with van der Waals surface area (Å²) >= 11 is 0. The monoisotopic (exact) mass is 318 g/mol. The van der Waals surface area contributed by atoms with Crippen molar-refractivity contribution in [3.8, 4) is 5.75 Å². The largest absolute Gasteiger partial charge is 0.506 e. The van der Waals surface area contributed by atoms with Gasteiger partial charge in [0.2, 0.25) is 0 Å². The molecule has 5 nitrogen and oxygen atoms in total. The first-order valence-electron chi connectivity index (χ1n) is 5.59. The molecule has 0 atom stereocenters. The molecule has 0 aliphatic rings. The molecule has 9 heteroatoms. The van der Waals surface area contributed by atoms with Crippen LogP contribution < -0.4 is 0 Å². The van der Waals surface area contributed by atoms with E-state index in [1.165, 1.54) is 18.3 Å². The fourth-order valence-corrected chi connectivity index (χ4v) is 2.77. The molecular weight excluding hydrogens is 309 g/mol. The quantitative estimate of drug-likeness (QED) is 0.938. The summed E-state index contributed by atoms with van der Waals surface area (Å²) in [6.07, 6.45) is -2.70. The predicted octanol–water partition coefficient (Wildman–Crippen LogP) is 2.17. The summed E-state index contributed by atoms with van der Waals surface area (Å²) in [6, 6.07) is 4.10. The molecule has 2 heterocycles. The van der Waals surface area contributed by atoms with Gasteiger partial charge in [-0.2, -0.15) is 13.2 Å². The van der Waals surface area contributed by atoms with Gasteiger partial charge in [0.1, 0.15) is 17.2 Å². The molecule has 0 aromatic carbocycles. The van der Waals surface area contributed by atoms with Crippen molar-refractivity contribution in [1.82, 2.24) is 9.97 Å². The Morgan fingerprint density at radius 1 is 1.14 bits per heavy atom. The lowest BCUT2D eigenvalue weighted by molar-refractivity contribution is -0.141. The fourth-order valence-electron chi connectivity index (χ4n) is 1.54. The van der Waals surface area contributed by atoms with E-state index in [0.717, 1.165) is 6.07 Å². The zero-order valence-corrected chi connectivity index (χ0v) is 11.2. The molecule has 0 unspecified atom stereocenters. The second-order valence-corrected chi connectivity index (χ2v) is 6.09. The molecule has 0 saturated carbocycles. The number of aromatic nitrogens is 2. The molecule has 0 fully saturated rings. The molecule has 0 aliphatic carbocycles. The van der Waals surface area contributed by atoms with Gasteiger partial charge >= 0.3 is 6.18 Å². The molecule has 0 radical (unpaired) electrons. The minimum atomic E-state index is -4.64. The predicted molar refractivity (Wildman–Crippen MR) is 66.0 cm³/mol.